The fraction of sp³-hybridized carbons (Fsp3) is 0.750. The maximum Gasteiger partial charge on any atom is 0.410 e. The van der Waals surface area contributed by atoms with E-state index in [4.69, 9.17) is 10.00 Å². The summed E-state index contributed by atoms with van der Waals surface area (Å²) in [6.07, 6.45) is 0.920. The van der Waals surface area contributed by atoms with Crippen LogP contribution in [0.15, 0.2) is 0 Å². The lowest BCUT2D eigenvalue weighted by molar-refractivity contribution is -0.113. The van der Waals surface area contributed by atoms with E-state index in [1.807, 2.05) is 0 Å². The Hall–Kier alpha value is -1.57. The molecule has 0 aromatic carbocycles. The topological polar surface area (TPSA) is 70.4 Å². The first-order chi connectivity index (χ1) is 7.87. The summed E-state index contributed by atoms with van der Waals surface area (Å²) in [5, 5.41) is 8.94. The molecule has 1 aliphatic heterocycles. The zero-order chi connectivity index (χ0) is 13.1. The summed E-state index contributed by atoms with van der Waals surface area (Å²) in [6, 6.07) is 2.07. The van der Waals surface area contributed by atoms with Gasteiger partial charge in [-0.1, -0.05) is 0 Å². The van der Waals surface area contributed by atoms with Crippen molar-refractivity contribution in [2.75, 3.05) is 13.1 Å². The number of amides is 1. The van der Waals surface area contributed by atoms with E-state index in [0.29, 0.717) is 13.0 Å². The van der Waals surface area contributed by atoms with Crippen molar-refractivity contribution in [3.8, 4) is 6.07 Å². The SMILES string of the molecule is CC(C)(C)OC(=O)N1CC[C@H](C=O)[C@H](C#N)C1. The monoisotopic (exact) mass is 238 g/mol. The van der Waals surface area contributed by atoms with Gasteiger partial charge >= 0.3 is 6.09 Å². The molecule has 0 radical (unpaired) electrons. The molecule has 0 aliphatic carbocycles. The highest BCUT2D eigenvalue weighted by Crippen LogP contribution is 2.23. The van der Waals surface area contributed by atoms with E-state index in [9.17, 15) is 9.59 Å². The molecule has 17 heavy (non-hydrogen) atoms. The van der Waals surface area contributed by atoms with Crippen LogP contribution in [0.5, 0.6) is 0 Å². The fourth-order valence-corrected chi connectivity index (χ4v) is 1.76. The van der Waals surface area contributed by atoms with Crippen LogP contribution in [0.1, 0.15) is 27.2 Å². The summed E-state index contributed by atoms with van der Waals surface area (Å²) >= 11 is 0. The third-order valence-corrected chi connectivity index (χ3v) is 2.66. The zero-order valence-electron chi connectivity index (χ0n) is 10.5. The molecular formula is C12H18N2O3. The van der Waals surface area contributed by atoms with Crippen LogP contribution in [0, 0.1) is 23.2 Å². The van der Waals surface area contributed by atoms with Gasteiger partial charge in [0.15, 0.2) is 0 Å². The van der Waals surface area contributed by atoms with E-state index < -0.39 is 17.6 Å². The average molecular weight is 238 g/mol. The number of aldehydes is 1. The van der Waals surface area contributed by atoms with Crippen LogP contribution >= 0.6 is 0 Å². The highest BCUT2D eigenvalue weighted by Gasteiger charge is 2.33. The second-order valence-corrected chi connectivity index (χ2v) is 5.25. The van der Waals surface area contributed by atoms with Crippen LogP contribution in [0.25, 0.3) is 0 Å². The van der Waals surface area contributed by atoms with Crippen molar-refractivity contribution >= 4 is 12.4 Å². The molecule has 5 heteroatoms. The second-order valence-electron chi connectivity index (χ2n) is 5.25. The number of likely N-dealkylation sites (tertiary alicyclic amines) is 1. The largest absolute Gasteiger partial charge is 0.444 e. The van der Waals surface area contributed by atoms with Crippen LogP contribution in [0.4, 0.5) is 4.79 Å². The van der Waals surface area contributed by atoms with Crippen LogP contribution in [0.2, 0.25) is 0 Å². The Morgan fingerprint density at radius 2 is 2.18 bits per heavy atom. The van der Waals surface area contributed by atoms with Crippen LogP contribution in [-0.4, -0.2) is 36.0 Å². The number of hydrogen-bond donors (Lipinski definition) is 0. The predicted molar refractivity (Wildman–Crippen MR) is 61.1 cm³/mol. The van der Waals surface area contributed by atoms with Gasteiger partial charge in [0, 0.05) is 19.0 Å². The van der Waals surface area contributed by atoms with Crippen molar-refractivity contribution in [3.63, 3.8) is 0 Å². The summed E-state index contributed by atoms with van der Waals surface area (Å²) in [7, 11) is 0. The fourth-order valence-electron chi connectivity index (χ4n) is 1.76. The molecule has 1 rings (SSSR count). The molecule has 2 atom stereocenters. The van der Waals surface area contributed by atoms with Gasteiger partial charge in [-0.15, -0.1) is 0 Å². The molecule has 1 heterocycles. The molecule has 0 aromatic heterocycles. The minimum atomic E-state index is -0.541. The average Bonchev–Trinajstić information content (AvgIpc) is 2.25. The van der Waals surface area contributed by atoms with Gasteiger partial charge in [-0.2, -0.15) is 5.26 Å². The Labute approximate surface area is 101 Å². The first kappa shape index (κ1) is 13.5. The van der Waals surface area contributed by atoms with E-state index in [0.717, 1.165) is 6.29 Å². The molecule has 94 valence electrons. The van der Waals surface area contributed by atoms with Crippen LogP contribution in [-0.2, 0) is 9.53 Å². The summed E-state index contributed by atoms with van der Waals surface area (Å²) in [5.74, 6) is -0.688. The number of rotatable bonds is 1. The van der Waals surface area contributed by atoms with E-state index in [1.165, 1.54) is 4.90 Å². The minimum absolute atomic E-state index is 0.265. The standard InChI is InChI=1S/C12H18N2O3/c1-12(2,3)17-11(16)14-5-4-9(8-15)10(6-13)7-14/h8-10H,4-5,7H2,1-3H3/t9-,10-/m1/s1. The molecule has 1 amide bonds. The summed E-state index contributed by atoms with van der Waals surface area (Å²) < 4.78 is 5.23. The lowest BCUT2D eigenvalue weighted by atomic mass is 9.88. The second kappa shape index (κ2) is 5.17. The molecule has 1 saturated heterocycles. The van der Waals surface area contributed by atoms with Gasteiger partial charge in [-0.3, -0.25) is 0 Å². The molecule has 1 fully saturated rings. The molecular weight excluding hydrogens is 220 g/mol. The summed E-state index contributed by atoms with van der Waals surface area (Å²) in [6.45, 7) is 6.13. The molecule has 0 unspecified atom stereocenters. The van der Waals surface area contributed by atoms with Gasteiger partial charge in [-0.05, 0) is 27.2 Å². The highest BCUT2D eigenvalue weighted by molar-refractivity contribution is 5.69. The normalized spacial score (nSPS) is 24.9. The van der Waals surface area contributed by atoms with E-state index in [2.05, 4.69) is 6.07 Å². The van der Waals surface area contributed by atoms with Gasteiger partial charge < -0.3 is 14.4 Å². The number of piperidine rings is 1. The number of carbonyl (C=O) groups excluding carboxylic acids is 2. The number of carbonyl (C=O) groups is 2. The highest BCUT2D eigenvalue weighted by atomic mass is 16.6. The molecule has 0 aromatic rings. The molecule has 5 nitrogen and oxygen atoms in total. The quantitative estimate of drug-likeness (QED) is 0.650. The minimum Gasteiger partial charge on any atom is -0.444 e. The maximum absolute atomic E-state index is 11.8. The lowest BCUT2D eigenvalue weighted by Crippen LogP contribution is -2.45. The Balaban J connectivity index is 2.61. The van der Waals surface area contributed by atoms with Crippen molar-refractivity contribution in [2.24, 2.45) is 11.8 Å². The van der Waals surface area contributed by atoms with Gasteiger partial charge in [0.2, 0.25) is 0 Å². The first-order valence-electron chi connectivity index (χ1n) is 5.70. The number of hydrogen-bond acceptors (Lipinski definition) is 4. The van der Waals surface area contributed by atoms with E-state index in [-0.39, 0.29) is 12.5 Å². The predicted octanol–water partition coefficient (Wildman–Crippen LogP) is 1.58. The third-order valence-electron chi connectivity index (χ3n) is 2.66. The summed E-state index contributed by atoms with van der Waals surface area (Å²) in [5.41, 5.74) is -0.541. The van der Waals surface area contributed by atoms with Gasteiger partial charge in [0.25, 0.3) is 0 Å². The lowest BCUT2D eigenvalue weighted by Gasteiger charge is -2.34. The van der Waals surface area contributed by atoms with Crippen LogP contribution in [0.3, 0.4) is 0 Å². The number of nitriles is 1. The zero-order valence-corrected chi connectivity index (χ0v) is 10.5. The van der Waals surface area contributed by atoms with Crippen molar-refractivity contribution in [1.29, 1.82) is 5.26 Å². The van der Waals surface area contributed by atoms with Crippen molar-refractivity contribution in [1.82, 2.24) is 4.90 Å². The van der Waals surface area contributed by atoms with Gasteiger partial charge in [-0.25, -0.2) is 4.79 Å². The van der Waals surface area contributed by atoms with Gasteiger partial charge in [0.1, 0.15) is 11.9 Å². The Morgan fingerprint density at radius 3 is 2.65 bits per heavy atom. The van der Waals surface area contributed by atoms with Crippen molar-refractivity contribution in [2.45, 2.75) is 32.8 Å². The Kier molecular flexibility index (Phi) is 4.11. The number of nitrogens with zero attached hydrogens (tertiary/aromatic N) is 2. The number of ether oxygens (including phenoxy) is 1. The Morgan fingerprint density at radius 1 is 1.53 bits per heavy atom. The van der Waals surface area contributed by atoms with Crippen LogP contribution < -0.4 is 0 Å². The molecule has 1 aliphatic rings. The van der Waals surface area contributed by atoms with Crippen molar-refractivity contribution in [3.05, 3.63) is 0 Å². The summed E-state index contributed by atoms with van der Waals surface area (Å²) in [4.78, 5) is 24.0. The molecule has 0 spiro atoms. The maximum atomic E-state index is 11.8. The Bertz CT molecular complexity index is 341. The molecule has 0 bridgehead atoms. The molecule has 0 saturated carbocycles. The first-order valence-corrected chi connectivity index (χ1v) is 5.70. The van der Waals surface area contributed by atoms with Crippen molar-refractivity contribution < 1.29 is 14.3 Å². The molecule has 0 N–H and O–H groups in total. The van der Waals surface area contributed by atoms with Gasteiger partial charge in [0.05, 0.1) is 12.0 Å². The van der Waals surface area contributed by atoms with E-state index in [1.54, 1.807) is 20.8 Å². The smallest absolute Gasteiger partial charge is 0.410 e. The third kappa shape index (κ3) is 3.74. The van der Waals surface area contributed by atoms with E-state index >= 15 is 0 Å².